The third-order valence-electron chi connectivity index (χ3n) is 3.19. The van der Waals surface area contributed by atoms with E-state index in [0.717, 1.165) is 25.7 Å². The summed E-state index contributed by atoms with van der Waals surface area (Å²) in [5, 5.41) is 0. The maximum Gasteiger partial charge on any atom is 0.260 e. The van der Waals surface area contributed by atoms with Gasteiger partial charge in [-0.2, -0.15) is 0 Å². The molecule has 0 aromatic heterocycles. The van der Waals surface area contributed by atoms with Gasteiger partial charge in [0.2, 0.25) is 0 Å². The minimum Gasteiger partial charge on any atom is -0.325 e. The molecule has 2 N–H and O–H groups in total. The molecule has 0 aliphatic heterocycles. The van der Waals surface area contributed by atoms with E-state index in [9.17, 15) is 8.78 Å². The topological polar surface area (TPSA) is 26.0 Å². The van der Waals surface area contributed by atoms with Crippen molar-refractivity contribution in [2.75, 3.05) is 6.54 Å². The van der Waals surface area contributed by atoms with Crippen LogP contribution in [0.2, 0.25) is 0 Å². The zero-order valence-corrected chi connectivity index (χ0v) is 9.15. The molecule has 0 aromatic carbocycles. The summed E-state index contributed by atoms with van der Waals surface area (Å²) in [5.41, 5.74) is 5.28. The molecule has 3 heteroatoms. The lowest BCUT2D eigenvalue weighted by molar-refractivity contribution is -0.0260. The van der Waals surface area contributed by atoms with Crippen molar-refractivity contribution >= 4 is 0 Å². The fourth-order valence-electron chi connectivity index (χ4n) is 2.53. The zero-order chi connectivity index (χ0) is 10.8. The standard InChI is InChI=1S/C11H21F2N/c1-10(2)5-3-4-9(6-10)7-11(12,13)8-14/h9H,3-8,14H2,1-2H3. The summed E-state index contributed by atoms with van der Waals surface area (Å²) in [6.07, 6.45) is 4.09. The summed E-state index contributed by atoms with van der Waals surface area (Å²) in [7, 11) is 0. The fourth-order valence-corrected chi connectivity index (χ4v) is 2.53. The van der Waals surface area contributed by atoms with E-state index >= 15 is 0 Å². The molecule has 0 spiro atoms. The van der Waals surface area contributed by atoms with Crippen LogP contribution in [0, 0.1) is 11.3 Å². The van der Waals surface area contributed by atoms with Crippen LogP contribution >= 0.6 is 0 Å². The summed E-state index contributed by atoms with van der Waals surface area (Å²) in [5.74, 6) is -2.49. The smallest absolute Gasteiger partial charge is 0.260 e. The second kappa shape index (κ2) is 4.13. The number of alkyl halides is 2. The van der Waals surface area contributed by atoms with Crippen molar-refractivity contribution in [1.29, 1.82) is 0 Å². The molecule has 84 valence electrons. The van der Waals surface area contributed by atoms with Crippen LogP contribution in [0.5, 0.6) is 0 Å². The second-order valence-electron chi connectivity index (χ2n) is 5.39. The van der Waals surface area contributed by atoms with E-state index in [1.165, 1.54) is 0 Å². The van der Waals surface area contributed by atoms with Crippen molar-refractivity contribution in [3.8, 4) is 0 Å². The van der Waals surface area contributed by atoms with Gasteiger partial charge in [0.25, 0.3) is 5.92 Å². The van der Waals surface area contributed by atoms with Crippen LogP contribution in [-0.4, -0.2) is 12.5 Å². The quantitative estimate of drug-likeness (QED) is 0.752. The van der Waals surface area contributed by atoms with Gasteiger partial charge in [-0.3, -0.25) is 0 Å². The number of hydrogen-bond acceptors (Lipinski definition) is 1. The molecule has 1 unspecified atom stereocenters. The van der Waals surface area contributed by atoms with E-state index in [1.807, 2.05) is 0 Å². The Morgan fingerprint density at radius 1 is 1.43 bits per heavy atom. The maximum atomic E-state index is 13.1. The van der Waals surface area contributed by atoms with Crippen molar-refractivity contribution in [1.82, 2.24) is 0 Å². The fraction of sp³-hybridized carbons (Fsp3) is 1.00. The van der Waals surface area contributed by atoms with Crippen LogP contribution in [0.4, 0.5) is 8.78 Å². The van der Waals surface area contributed by atoms with Gasteiger partial charge >= 0.3 is 0 Å². The minimum absolute atomic E-state index is 0.0209. The number of halogens is 2. The third-order valence-corrected chi connectivity index (χ3v) is 3.19. The highest BCUT2D eigenvalue weighted by molar-refractivity contribution is 4.83. The Morgan fingerprint density at radius 2 is 2.07 bits per heavy atom. The van der Waals surface area contributed by atoms with E-state index in [0.29, 0.717) is 0 Å². The maximum absolute atomic E-state index is 13.1. The summed E-state index contributed by atoms with van der Waals surface area (Å²) >= 11 is 0. The van der Waals surface area contributed by atoms with Crippen LogP contribution < -0.4 is 5.73 Å². The van der Waals surface area contributed by atoms with E-state index < -0.39 is 12.5 Å². The Kier molecular flexibility index (Phi) is 3.51. The highest BCUT2D eigenvalue weighted by atomic mass is 19.3. The highest BCUT2D eigenvalue weighted by Gasteiger charge is 2.35. The van der Waals surface area contributed by atoms with Gasteiger partial charge in [-0.15, -0.1) is 0 Å². The normalized spacial score (nSPS) is 27.6. The average molecular weight is 205 g/mol. The summed E-state index contributed by atoms with van der Waals surface area (Å²) < 4.78 is 26.1. The van der Waals surface area contributed by atoms with E-state index in [4.69, 9.17) is 5.73 Å². The van der Waals surface area contributed by atoms with Gasteiger partial charge in [-0.1, -0.05) is 26.7 Å². The van der Waals surface area contributed by atoms with Crippen molar-refractivity contribution in [3.05, 3.63) is 0 Å². The van der Waals surface area contributed by atoms with Crippen molar-refractivity contribution in [3.63, 3.8) is 0 Å². The van der Waals surface area contributed by atoms with Crippen LogP contribution in [-0.2, 0) is 0 Å². The largest absolute Gasteiger partial charge is 0.325 e. The van der Waals surface area contributed by atoms with Gasteiger partial charge in [0, 0.05) is 6.42 Å². The zero-order valence-electron chi connectivity index (χ0n) is 9.15. The van der Waals surface area contributed by atoms with Crippen molar-refractivity contribution in [2.24, 2.45) is 17.1 Å². The first-order chi connectivity index (χ1) is 6.35. The summed E-state index contributed by atoms with van der Waals surface area (Å²) in [4.78, 5) is 0. The lowest BCUT2D eigenvalue weighted by atomic mass is 9.71. The van der Waals surface area contributed by atoms with E-state index in [-0.39, 0.29) is 17.8 Å². The molecular weight excluding hydrogens is 184 g/mol. The minimum atomic E-state index is -2.65. The van der Waals surface area contributed by atoms with Crippen molar-refractivity contribution < 1.29 is 8.78 Å². The van der Waals surface area contributed by atoms with Gasteiger partial charge in [0.05, 0.1) is 6.54 Å². The van der Waals surface area contributed by atoms with Crippen LogP contribution in [0.3, 0.4) is 0 Å². The highest BCUT2D eigenvalue weighted by Crippen LogP contribution is 2.42. The average Bonchev–Trinajstić information content (AvgIpc) is 2.01. The number of rotatable bonds is 3. The Hall–Kier alpha value is -0.180. The molecule has 14 heavy (non-hydrogen) atoms. The molecule has 0 bridgehead atoms. The van der Waals surface area contributed by atoms with Crippen LogP contribution in [0.1, 0.15) is 46.0 Å². The molecule has 1 aliphatic carbocycles. The SMILES string of the molecule is CC1(C)CCCC(CC(F)(F)CN)C1. The predicted octanol–water partition coefficient (Wildman–Crippen LogP) is 3.19. The molecule has 1 saturated carbocycles. The molecule has 1 atom stereocenters. The first-order valence-corrected chi connectivity index (χ1v) is 5.43. The Labute approximate surface area is 85.1 Å². The lowest BCUT2D eigenvalue weighted by Crippen LogP contribution is -2.33. The molecule has 0 heterocycles. The third kappa shape index (κ3) is 3.52. The molecule has 1 rings (SSSR count). The molecule has 0 radical (unpaired) electrons. The summed E-state index contributed by atoms with van der Waals surface area (Å²) in [6.45, 7) is 3.82. The molecular formula is C11H21F2N. The molecule has 1 fully saturated rings. The monoisotopic (exact) mass is 205 g/mol. The van der Waals surface area contributed by atoms with Crippen LogP contribution in [0.15, 0.2) is 0 Å². The molecule has 0 amide bonds. The van der Waals surface area contributed by atoms with E-state index in [2.05, 4.69) is 13.8 Å². The number of nitrogens with two attached hydrogens (primary N) is 1. The van der Waals surface area contributed by atoms with Gasteiger partial charge in [0.1, 0.15) is 0 Å². The Bertz CT molecular complexity index is 190. The van der Waals surface area contributed by atoms with Gasteiger partial charge in [-0.25, -0.2) is 8.78 Å². The Balaban J connectivity index is 2.46. The van der Waals surface area contributed by atoms with Gasteiger partial charge in [0.15, 0.2) is 0 Å². The van der Waals surface area contributed by atoms with Crippen LogP contribution in [0.25, 0.3) is 0 Å². The van der Waals surface area contributed by atoms with Gasteiger partial charge in [-0.05, 0) is 24.2 Å². The Morgan fingerprint density at radius 3 is 2.57 bits per heavy atom. The lowest BCUT2D eigenvalue weighted by Gasteiger charge is -2.36. The predicted molar refractivity (Wildman–Crippen MR) is 54.4 cm³/mol. The molecule has 0 saturated heterocycles. The van der Waals surface area contributed by atoms with E-state index in [1.54, 1.807) is 0 Å². The first kappa shape index (κ1) is 11.9. The molecule has 1 nitrogen and oxygen atoms in total. The number of hydrogen-bond donors (Lipinski definition) is 1. The van der Waals surface area contributed by atoms with Crippen molar-refractivity contribution in [2.45, 2.75) is 51.9 Å². The summed E-state index contributed by atoms with van der Waals surface area (Å²) in [6, 6.07) is 0. The van der Waals surface area contributed by atoms with Gasteiger partial charge < -0.3 is 5.73 Å². The second-order valence-corrected chi connectivity index (χ2v) is 5.39. The molecule has 0 aromatic rings. The first-order valence-electron chi connectivity index (χ1n) is 5.43. The molecule has 1 aliphatic rings.